The molecular weight excluding hydrogens is 433 g/mol. The van der Waals surface area contributed by atoms with Gasteiger partial charge in [0.25, 0.3) is 0 Å². The lowest BCUT2D eigenvalue weighted by molar-refractivity contribution is -0.138. The first-order valence-electron chi connectivity index (χ1n) is 10.0. The number of carbonyl (C=O) groups is 2. The van der Waals surface area contributed by atoms with Crippen molar-refractivity contribution in [1.29, 1.82) is 5.26 Å². The number of nitrogens with zero attached hydrogens (tertiary/aromatic N) is 3. The van der Waals surface area contributed by atoms with E-state index in [1.165, 1.54) is 31.2 Å². The Hall–Kier alpha value is -4.11. The smallest absolute Gasteiger partial charge is 0.356 e. The molecule has 0 saturated carbocycles. The highest BCUT2D eigenvalue weighted by Gasteiger charge is 2.46. The zero-order chi connectivity index (χ0) is 24.3. The van der Waals surface area contributed by atoms with Crippen molar-refractivity contribution in [3.63, 3.8) is 0 Å². The largest absolute Gasteiger partial charge is 0.416 e. The molecule has 6 nitrogen and oxygen atoms in total. The van der Waals surface area contributed by atoms with Gasteiger partial charge in [0.2, 0.25) is 11.8 Å². The fraction of sp³-hybridized carbons (Fsp3) is 0.250. The van der Waals surface area contributed by atoms with Crippen LogP contribution in [-0.4, -0.2) is 18.4 Å². The fourth-order valence-electron chi connectivity index (χ4n) is 3.90. The van der Waals surface area contributed by atoms with Crippen LogP contribution in [0.4, 0.5) is 18.9 Å². The van der Waals surface area contributed by atoms with E-state index in [1.807, 2.05) is 6.07 Å². The van der Waals surface area contributed by atoms with Crippen LogP contribution in [-0.2, 0) is 15.8 Å². The number of halogens is 3. The number of hydrogen-bond acceptors (Lipinski definition) is 3. The SMILES string of the molecule is [C-]#[N+]C1=C(C)N(c2cccc(C(F)(F)F)c2)C(=O)C(C(=O)NCC)C1c1ccc(C#N)cc1. The van der Waals surface area contributed by atoms with E-state index in [-0.39, 0.29) is 23.6 Å². The van der Waals surface area contributed by atoms with E-state index in [4.69, 9.17) is 11.8 Å². The van der Waals surface area contributed by atoms with Crippen molar-refractivity contribution in [2.45, 2.75) is 25.9 Å². The second kappa shape index (κ2) is 9.17. The molecule has 0 aromatic heterocycles. The number of allylic oxidation sites excluding steroid dienone is 2. The maximum atomic E-state index is 13.6. The zero-order valence-electron chi connectivity index (χ0n) is 17.8. The van der Waals surface area contributed by atoms with Crippen LogP contribution < -0.4 is 10.2 Å². The molecule has 2 aromatic carbocycles. The minimum atomic E-state index is -4.63. The quantitative estimate of drug-likeness (QED) is 0.544. The van der Waals surface area contributed by atoms with E-state index >= 15 is 0 Å². The van der Waals surface area contributed by atoms with Gasteiger partial charge in [0.15, 0.2) is 5.70 Å². The molecule has 168 valence electrons. The summed E-state index contributed by atoms with van der Waals surface area (Å²) in [5.74, 6) is -3.70. The fourth-order valence-corrected chi connectivity index (χ4v) is 3.90. The maximum Gasteiger partial charge on any atom is 0.416 e. The van der Waals surface area contributed by atoms with Crippen LogP contribution in [0.1, 0.15) is 36.5 Å². The predicted molar refractivity (Wildman–Crippen MR) is 114 cm³/mol. The van der Waals surface area contributed by atoms with Crippen LogP contribution in [0.3, 0.4) is 0 Å². The number of carbonyl (C=O) groups excluding carboxylic acids is 2. The summed E-state index contributed by atoms with van der Waals surface area (Å²) < 4.78 is 39.8. The Labute approximate surface area is 188 Å². The Kier molecular flexibility index (Phi) is 6.55. The number of rotatable bonds is 4. The molecule has 0 saturated heterocycles. The van der Waals surface area contributed by atoms with E-state index in [0.29, 0.717) is 11.1 Å². The number of amides is 2. The number of nitriles is 1. The first kappa shape index (κ1) is 23.6. The molecular formula is C24H19F3N4O2. The molecule has 1 heterocycles. The summed E-state index contributed by atoms with van der Waals surface area (Å²) in [4.78, 5) is 31.1. The Balaban J connectivity index is 2.23. The molecule has 0 spiro atoms. The highest BCUT2D eigenvalue weighted by Crippen LogP contribution is 2.43. The minimum absolute atomic E-state index is 0.0629. The predicted octanol–water partition coefficient (Wildman–Crippen LogP) is 4.61. The van der Waals surface area contributed by atoms with Gasteiger partial charge in [-0.1, -0.05) is 18.2 Å². The summed E-state index contributed by atoms with van der Waals surface area (Å²) in [6.07, 6.45) is -4.63. The monoisotopic (exact) mass is 452 g/mol. The van der Waals surface area contributed by atoms with Crippen LogP contribution in [0.25, 0.3) is 4.85 Å². The van der Waals surface area contributed by atoms with Gasteiger partial charge in [-0.25, -0.2) is 4.85 Å². The highest BCUT2D eigenvalue weighted by molar-refractivity contribution is 6.11. The van der Waals surface area contributed by atoms with Crippen LogP contribution in [0.5, 0.6) is 0 Å². The Morgan fingerprint density at radius 3 is 2.45 bits per heavy atom. The van der Waals surface area contributed by atoms with E-state index in [1.54, 1.807) is 19.1 Å². The average molecular weight is 452 g/mol. The highest BCUT2D eigenvalue weighted by atomic mass is 19.4. The average Bonchev–Trinajstić information content (AvgIpc) is 2.78. The lowest BCUT2D eigenvalue weighted by Crippen LogP contribution is -2.49. The van der Waals surface area contributed by atoms with Gasteiger partial charge < -0.3 is 5.32 Å². The number of benzene rings is 2. The molecule has 1 N–H and O–H groups in total. The van der Waals surface area contributed by atoms with Gasteiger partial charge in [-0.05, 0) is 49.7 Å². The molecule has 0 aliphatic carbocycles. The number of nitrogens with one attached hydrogen (secondary N) is 1. The second-order valence-corrected chi connectivity index (χ2v) is 7.39. The Bertz CT molecular complexity index is 1200. The summed E-state index contributed by atoms with van der Waals surface area (Å²) in [5.41, 5.74) is 0.0192. The summed E-state index contributed by atoms with van der Waals surface area (Å²) in [7, 11) is 0. The summed E-state index contributed by atoms with van der Waals surface area (Å²) in [5, 5.41) is 11.6. The third kappa shape index (κ3) is 4.44. The van der Waals surface area contributed by atoms with Crippen LogP contribution in [0, 0.1) is 23.8 Å². The van der Waals surface area contributed by atoms with E-state index in [0.717, 1.165) is 17.0 Å². The van der Waals surface area contributed by atoms with Gasteiger partial charge in [0.1, 0.15) is 5.92 Å². The summed E-state index contributed by atoms with van der Waals surface area (Å²) >= 11 is 0. The molecule has 2 atom stereocenters. The van der Waals surface area contributed by atoms with Crippen LogP contribution in [0.15, 0.2) is 59.9 Å². The topological polar surface area (TPSA) is 77.6 Å². The summed E-state index contributed by atoms with van der Waals surface area (Å²) in [6, 6.07) is 12.4. The lowest BCUT2D eigenvalue weighted by atomic mass is 9.78. The Morgan fingerprint density at radius 1 is 1.24 bits per heavy atom. The van der Waals surface area contributed by atoms with Gasteiger partial charge in [0, 0.05) is 23.8 Å². The third-order valence-electron chi connectivity index (χ3n) is 5.40. The van der Waals surface area contributed by atoms with Crippen molar-refractivity contribution < 1.29 is 22.8 Å². The molecule has 0 radical (unpaired) electrons. The third-order valence-corrected chi connectivity index (χ3v) is 5.40. The van der Waals surface area contributed by atoms with Crippen molar-refractivity contribution in [2.75, 3.05) is 11.4 Å². The molecule has 1 aliphatic rings. The van der Waals surface area contributed by atoms with Crippen LogP contribution in [0.2, 0.25) is 0 Å². The van der Waals surface area contributed by atoms with Gasteiger partial charge >= 0.3 is 6.18 Å². The molecule has 33 heavy (non-hydrogen) atoms. The van der Waals surface area contributed by atoms with Crippen LogP contribution >= 0.6 is 0 Å². The molecule has 1 aliphatic heterocycles. The second-order valence-electron chi connectivity index (χ2n) is 7.39. The van der Waals surface area contributed by atoms with E-state index in [2.05, 4.69) is 10.2 Å². The molecule has 9 heteroatoms. The molecule has 3 rings (SSSR count). The van der Waals surface area contributed by atoms with Gasteiger partial charge in [0.05, 0.1) is 23.8 Å². The molecule has 2 amide bonds. The number of alkyl halides is 3. The van der Waals surface area contributed by atoms with E-state index in [9.17, 15) is 22.8 Å². The van der Waals surface area contributed by atoms with Gasteiger partial charge in [-0.2, -0.15) is 18.4 Å². The van der Waals surface area contributed by atoms with E-state index < -0.39 is 35.4 Å². The zero-order valence-corrected chi connectivity index (χ0v) is 17.8. The standard InChI is InChI=1S/C24H19F3N4O2/c1-4-30-22(32)20-19(16-10-8-15(13-28)9-11-16)21(29-3)14(2)31(23(20)33)18-7-5-6-17(12-18)24(25,26)27/h5-12,19-20H,4H2,1-2H3,(H,30,32). The number of anilines is 1. The van der Waals surface area contributed by atoms with Crippen molar-refractivity contribution in [3.8, 4) is 6.07 Å². The molecule has 0 bridgehead atoms. The lowest BCUT2D eigenvalue weighted by Gasteiger charge is -2.38. The first-order chi connectivity index (χ1) is 15.6. The van der Waals surface area contributed by atoms with Crippen molar-refractivity contribution in [2.24, 2.45) is 5.92 Å². The normalized spacial score (nSPS) is 18.5. The molecule has 0 fully saturated rings. The first-order valence-corrected chi connectivity index (χ1v) is 10.0. The van der Waals surface area contributed by atoms with Gasteiger partial charge in [-0.15, -0.1) is 0 Å². The Morgan fingerprint density at radius 2 is 1.91 bits per heavy atom. The van der Waals surface area contributed by atoms with Crippen molar-refractivity contribution in [1.82, 2.24) is 5.32 Å². The maximum absolute atomic E-state index is 13.6. The molecule has 2 unspecified atom stereocenters. The molecule has 2 aromatic rings. The van der Waals surface area contributed by atoms with Gasteiger partial charge in [-0.3, -0.25) is 14.5 Å². The summed E-state index contributed by atoms with van der Waals surface area (Å²) in [6.45, 7) is 11.1. The van der Waals surface area contributed by atoms with Crippen molar-refractivity contribution >= 4 is 17.5 Å². The minimum Gasteiger partial charge on any atom is -0.356 e. The number of hydrogen-bond donors (Lipinski definition) is 1. The van der Waals surface area contributed by atoms with Crippen molar-refractivity contribution in [3.05, 3.63) is 88.0 Å².